The van der Waals surface area contributed by atoms with Gasteiger partial charge in [0.25, 0.3) is 0 Å². The SMILES string of the molecule is CC1(C)CC(=O)CC(=NNC(N)=S)C1. The third-order valence-corrected chi connectivity index (χ3v) is 2.18. The van der Waals surface area contributed by atoms with Crippen molar-refractivity contribution in [1.82, 2.24) is 5.43 Å². The van der Waals surface area contributed by atoms with Crippen molar-refractivity contribution >= 4 is 28.8 Å². The summed E-state index contributed by atoms with van der Waals surface area (Å²) in [7, 11) is 0. The molecule has 0 spiro atoms. The molecular formula is C9H15N3OS. The van der Waals surface area contributed by atoms with Crippen molar-refractivity contribution in [3.8, 4) is 0 Å². The van der Waals surface area contributed by atoms with Crippen LogP contribution in [0.5, 0.6) is 0 Å². The first kappa shape index (κ1) is 11.1. The van der Waals surface area contributed by atoms with Crippen LogP contribution in [-0.2, 0) is 4.79 Å². The van der Waals surface area contributed by atoms with E-state index in [1.807, 2.05) is 0 Å². The lowest BCUT2D eigenvalue weighted by Crippen LogP contribution is -2.32. The highest BCUT2D eigenvalue weighted by molar-refractivity contribution is 7.80. The molecule has 0 heterocycles. The molecule has 1 saturated carbocycles. The van der Waals surface area contributed by atoms with Crippen LogP contribution in [0.4, 0.5) is 0 Å². The largest absolute Gasteiger partial charge is 0.375 e. The third kappa shape index (κ3) is 3.41. The molecule has 1 aliphatic rings. The highest BCUT2D eigenvalue weighted by atomic mass is 32.1. The predicted molar refractivity (Wildman–Crippen MR) is 60.0 cm³/mol. The highest BCUT2D eigenvalue weighted by Crippen LogP contribution is 2.31. The fourth-order valence-electron chi connectivity index (χ4n) is 1.71. The molecule has 3 N–H and O–H groups in total. The van der Waals surface area contributed by atoms with Crippen molar-refractivity contribution in [1.29, 1.82) is 0 Å². The lowest BCUT2D eigenvalue weighted by atomic mass is 9.76. The Balaban J connectivity index is 2.66. The van der Waals surface area contributed by atoms with Crippen LogP contribution in [0.3, 0.4) is 0 Å². The number of rotatable bonds is 1. The summed E-state index contributed by atoms with van der Waals surface area (Å²) in [5.41, 5.74) is 8.60. The Hall–Kier alpha value is -0.970. The molecule has 0 saturated heterocycles. The number of hydrogen-bond acceptors (Lipinski definition) is 3. The Morgan fingerprint density at radius 3 is 2.71 bits per heavy atom. The minimum absolute atomic E-state index is 0.00602. The first-order valence-corrected chi connectivity index (χ1v) is 4.92. The highest BCUT2D eigenvalue weighted by Gasteiger charge is 2.30. The van der Waals surface area contributed by atoms with Gasteiger partial charge in [0.15, 0.2) is 5.11 Å². The minimum Gasteiger partial charge on any atom is -0.375 e. The van der Waals surface area contributed by atoms with E-state index in [1.54, 1.807) is 0 Å². The van der Waals surface area contributed by atoms with Gasteiger partial charge >= 0.3 is 0 Å². The molecule has 0 aromatic heterocycles. The topological polar surface area (TPSA) is 67.5 Å². The number of Topliss-reactive ketones (excluding diaryl/α,β-unsaturated/α-hetero) is 1. The molecule has 78 valence electrons. The number of nitrogens with two attached hydrogens (primary N) is 1. The summed E-state index contributed by atoms with van der Waals surface area (Å²) in [6, 6.07) is 0. The molecular weight excluding hydrogens is 198 g/mol. The van der Waals surface area contributed by atoms with Gasteiger partial charge in [0.1, 0.15) is 5.78 Å². The van der Waals surface area contributed by atoms with E-state index in [0.29, 0.717) is 12.8 Å². The number of nitrogens with zero attached hydrogens (tertiary/aromatic N) is 1. The van der Waals surface area contributed by atoms with Gasteiger partial charge in [0.05, 0.1) is 0 Å². The molecule has 0 aromatic rings. The van der Waals surface area contributed by atoms with Gasteiger partial charge in [-0.1, -0.05) is 13.8 Å². The van der Waals surface area contributed by atoms with E-state index in [2.05, 4.69) is 36.6 Å². The van der Waals surface area contributed by atoms with Gasteiger partial charge in [-0.25, -0.2) is 0 Å². The molecule has 4 nitrogen and oxygen atoms in total. The van der Waals surface area contributed by atoms with Crippen molar-refractivity contribution in [3.63, 3.8) is 0 Å². The Morgan fingerprint density at radius 2 is 2.21 bits per heavy atom. The zero-order chi connectivity index (χ0) is 10.8. The monoisotopic (exact) mass is 213 g/mol. The quantitative estimate of drug-likeness (QED) is 0.503. The molecule has 0 radical (unpaired) electrons. The normalized spacial score (nSPS) is 23.6. The number of carbonyl (C=O) groups is 1. The smallest absolute Gasteiger partial charge is 0.184 e. The van der Waals surface area contributed by atoms with Crippen LogP contribution in [0, 0.1) is 5.41 Å². The van der Waals surface area contributed by atoms with E-state index in [9.17, 15) is 4.79 Å². The second kappa shape index (κ2) is 4.04. The van der Waals surface area contributed by atoms with Crippen LogP contribution in [-0.4, -0.2) is 16.6 Å². The number of hydrazone groups is 1. The minimum atomic E-state index is 0.00602. The molecule has 0 aromatic carbocycles. The standard InChI is InChI=1S/C9H15N3OS/c1-9(2)4-6(3-7(13)5-9)11-12-8(10)14/h3-5H2,1-2H3,(H3,10,12,14). The molecule has 0 bridgehead atoms. The van der Waals surface area contributed by atoms with Gasteiger partial charge in [-0.2, -0.15) is 5.10 Å². The maximum atomic E-state index is 11.4. The molecule has 0 amide bonds. The van der Waals surface area contributed by atoms with Crippen molar-refractivity contribution in [2.45, 2.75) is 33.1 Å². The summed E-state index contributed by atoms with van der Waals surface area (Å²) >= 11 is 4.63. The van der Waals surface area contributed by atoms with Crippen molar-refractivity contribution in [2.24, 2.45) is 16.3 Å². The summed E-state index contributed by atoms with van der Waals surface area (Å²) < 4.78 is 0. The Kier molecular flexibility index (Phi) is 3.21. The fraction of sp³-hybridized carbons (Fsp3) is 0.667. The van der Waals surface area contributed by atoms with Crippen molar-refractivity contribution in [3.05, 3.63) is 0 Å². The molecule has 0 atom stereocenters. The molecule has 1 fully saturated rings. The average molecular weight is 213 g/mol. The molecule has 5 heteroatoms. The van der Waals surface area contributed by atoms with E-state index in [-0.39, 0.29) is 16.3 Å². The molecule has 1 rings (SSSR count). The van der Waals surface area contributed by atoms with Crippen molar-refractivity contribution in [2.75, 3.05) is 0 Å². The first-order chi connectivity index (χ1) is 6.39. The van der Waals surface area contributed by atoms with Crippen molar-refractivity contribution < 1.29 is 4.79 Å². The number of thiocarbonyl (C=S) groups is 1. The van der Waals surface area contributed by atoms with Crippen LogP contribution in [0.2, 0.25) is 0 Å². The zero-order valence-electron chi connectivity index (χ0n) is 8.46. The van der Waals surface area contributed by atoms with Crippen LogP contribution in [0.15, 0.2) is 5.10 Å². The number of carbonyl (C=O) groups excluding carboxylic acids is 1. The fourth-order valence-corrected chi connectivity index (χ4v) is 1.76. The summed E-state index contributed by atoms with van der Waals surface area (Å²) in [5, 5.41) is 4.14. The lowest BCUT2D eigenvalue weighted by Gasteiger charge is -2.28. The summed E-state index contributed by atoms with van der Waals surface area (Å²) in [5.74, 6) is 0.227. The van der Waals surface area contributed by atoms with E-state index in [1.165, 1.54) is 0 Å². The van der Waals surface area contributed by atoms with E-state index in [0.717, 1.165) is 12.1 Å². The number of ketones is 1. The summed E-state index contributed by atoms with van der Waals surface area (Å²) in [4.78, 5) is 11.4. The number of nitrogens with one attached hydrogen (secondary N) is 1. The lowest BCUT2D eigenvalue weighted by molar-refractivity contribution is -0.120. The Labute approximate surface area is 88.9 Å². The maximum absolute atomic E-state index is 11.4. The molecule has 1 aliphatic carbocycles. The van der Waals surface area contributed by atoms with E-state index < -0.39 is 0 Å². The Bertz CT molecular complexity index is 296. The van der Waals surface area contributed by atoms with Crippen LogP contribution < -0.4 is 11.2 Å². The predicted octanol–water partition coefficient (Wildman–Crippen LogP) is 0.955. The third-order valence-electron chi connectivity index (χ3n) is 2.08. The van der Waals surface area contributed by atoms with Gasteiger partial charge in [-0.3, -0.25) is 10.2 Å². The summed E-state index contributed by atoms with van der Waals surface area (Å²) in [6.45, 7) is 4.11. The van der Waals surface area contributed by atoms with Gasteiger partial charge < -0.3 is 5.73 Å². The van der Waals surface area contributed by atoms with Gasteiger partial charge in [-0.05, 0) is 24.1 Å². The van der Waals surface area contributed by atoms with E-state index in [4.69, 9.17) is 5.73 Å². The van der Waals surface area contributed by atoms with Crippen LogP contribution >= 0.6 is 12.2 Å². The van der Waals surface area contributed by atoms with Crippen LogP contribution in [0.1, 0.15) is 33.1 Å². The summed E-state index contributed by atoms with van der Waals surface area (Å²) in [6.07, 6.45) is 1.85. The van der Waals surface area contributed by atoms with Gasteiger partial charge in [0.2, 0.25) is 0 Å². The Morgan fingerprint density at radius 1 is 1.57 bits per heavy atom. The molecule has 0 aliphatic heterocycles. The molecule has 0 unspecified atom stereocenters. The average Bonchev–Trinajstić information content (AvgIpc) is 1.96. The second-order valence-corrected chi connectivity index (χ2v) is 4.83. The molecule has 14 heavy (non-hydrogen) atoms. The zero-order valence-corrected chi connectivity index (χ0v) is 9.28. The van der Waals surface area contributed by atoms with Crippen LogP contribution in [0.25, 0.3) is 0 Å². The van der Waals surface area contributed by atoms with Gasteiger partial charge in [0, 0.05) is 18.6 Å². The van der Waals surface area contributed by atoms with E-state index >= 15 is 0 Å². The number of hydrogen-bond donors (Lipinski definition) is 2. The maximum Gasteiger partial charge on any atom is 0.184 e. The van der Waals surface area contributed by atoms with Gasteiger partial charge in [-0.15, -0.1) is 0 Å². The second-order valence-electron chi connectivity index (χ2n) is 4.39. The first-order valence-electron chi connectivity index (χ1n) is 4.52.